The lowest BCUT2D eigenvalue weighted by atomic mass is 10.1. The Bertz CT molecular complexity index is 759. The molecule has 0 radical (unpaired) electrons. The Balaban J connectivity index is 2.22. The number of hydrogen-bond acceptors (Lipinski definition) is 2. The first-order chi connectivity index (χ1) is 8.63. The second-order valence-corrected chi connectivity index (χ2v) is 4.30. The molecule has 0 aliphatic carbocycles. The molecule has 90 valence electrons. The van der Waals surface area contributed by atoms with Crippen LogP contribution in [0.4, 0.5) is 5.69 Å². The van der Waals surface area contributed by atoms with Crippen molar-refractivity contribution in [3.63, 3.8) is 0 Å². The molecule has 0 bridgehead atoms. The predicted octanol–water partition coefficient (Wildman–Crippen LogP) is 2.99. The Labute approximate surface area is 103 Å². The van der Waals surface area contributed by atoms with Crippen molar-refractivity contribution in [1.82, 2.24) is 4.98 Å². The van der Waals surface area contributed by atoms with Crippen LogP contribution in [0.1, 0.15) is 6.92 Å². The first-order valence-corrected chi connectivity index (χ1v) is 5.65. The highest BCUT2D eigenvalue weighted by atomic mass is 16.3. The summed E-state index contributed by atoms with van der Waals surface area (Å²) in [5.41, 5.74) is 2.57. The van der Waals surface area contributed by atoms with Gasteiger partial charge in [0, 0.05) is 35.0 Å². The van der Waals surface area contributed by atoms with E-state index in [0.717, 1.165) is 27.5 Å². The maximum atomic E-state index is 11.0. The molecule has 1 amide bonds. The van der Waals surface area contributed by atoms with Crippen LogP contribution in [-0.4, -0.2) is 16.0 Å². The molecule has 0 atom stereocenters. The smallest absolute Gasteiger partial charge is 0.221 e. The number of aromatic hydroxyl groups is 1. The van der Waals surface area contributed by atoms with Crippen molar-refractivity contribution in [2.24, 2.45) is 0 Å². The average molecular weight is 240 g/mol. The fraction of sp³-hybridized carbons (Fsp3) is 0.0714. The maximum absolute atomic E-state index is 11.0. The van der Waals surface area contributed by atoms with Crippen molar-refractivity contribution in [3.05, 3.63) is 36.4 Å². The Kier molecular flexibility index (Phi) is 2.23. The van der Waals surface area contributed by atoms with E-state index in [2.05, 4.69) is 10.3 Å². The van der Waals surface area contributed by atoms with E-state index in [-0.39, 0.29) is 11.7 Å². The van der Waals surface area contributed by atoms with Crippen LogP contribution in [0.15, 0.2) is 36.4 Å². The third-order valence-corrected chi connectivity index (χ3v) is 2.90. The van der Waals surface area contributed by atoms with Crippen LogP contribution >= 0.6 is 0 Å². The molecule has 0 unspecified atom stereocenters. The first-order valence-electron chi connectivity index (χ1n) is 5.65. The zero-order chi connectivity index (χ0) is 12.7. The number of rotatable bonds is 1. The van der Waals surface area contributed by atoms with E-state index in [1.165, 1.54) is 6.92 Å². The zero-order valence-corrected chi connectivity index (χ0v) is 9.82. The largest absolute Gasteiger partial charge is 0.508 e. The summed E-state index contributed by atoms with van der Waals surface area (Å²) in [5, 5.41) is 14.3. The van der Waals surface area contributed by atoms with Gasteiger partial charge in [-0.05, 0) is 24.3 Å². The van der Waals surface area contributed by atoms with Crippen molar-refractivity contribution in [2.45, 2.75) is 6.92 Å². The molecular weight excluding hydrogens is 228 g/mol. The molecule has 2 aromatic carbocycles. The van der Waals surface area contributed by atoms with Gasteiger partial charge in [-0.2, -0.15) is 0 Å². The van der Waals surface area contributed by atoms with Crippen LogP contribution in [-0.2, 0) is 4.79 Å². The van der Waals surface area contributed by atoms with Gasteiger partial charge in [0.15, 0.2) is 0 Å². The Morgan fingerprint density at radius 2 is 1.78 bits per heavy atom. The van der Waals surface area contributed by atoms with Gasteiger partial charge in [-0.15, -0.1) is 0 Å². The number of hydrogen-bond donors (Lipinski definition) is 3. The number of phenolic OH excluding ortho intramolecular Hbond substituents is 1. The number of amides is 1. The molecular formula is C14H12N2O2. The third-order valence-electron chi connectivity index (χ3n) is 2.90. The predicted molar refractivity (Wildman–Crippen MR) is 71.8 cm³/mol. The lowest BCUT2D eigenvalue weighted by molar-refractivity contribution is -0.114. The highest BCUT2D eigenvalue weighted by Crippen LogP contribution is 2.29. The maximum Gasteiger partial charge on any atom is 0.221 e. The fourth-order valence-corrected chi connectivity index (χ4v) is 2.18. The van der Waals surface area contributed by atoms with Crippen LogP contribution in [0.5, 0.6) is 5.75 Å². The number of anilines is 1. The minimum absolute atomic E-state index is 0.0943. The lowest BCUT2D eigenvalue weighted by Crippen LogP contribution is -2.05. The zero-order valence-electron chi connectivity index (χ0n) is 9.82. The number of carbonyl (C=O) groups excluding carboxylic acids is 1. The van der Waals surface area contributed by atoms with Crippen molar-refractivity contribution < 1.29 is 9.90 Å². The Hall–Kier alpha value is -2.49. The molecule has 0 saturated heterocycles. The average Bonchev–Trinajstić information content (AvgIpc) is 2.64. The number of nitrogens with one attached hydrogen (secondary N) is 2. The van der Waals surface area contributed by atoms with Gasteiger partial charge in [0.2, 0.25) is 5.91 Å². The molecule has 3 aromatic rings. The summed E-state index contributed by atoms with van der Waals surface area (Å²) in [4.78, 5) is 14.2. The van der Waals surface area contributed by atoms with Gasteiger partial charge in [0.25, 0.3) is 0 Å². The summed E-state index contributed by atoms with van der Waals surface area (Å²) < 4.78 is 0. The number of benzene rings is 2. The highest BCUT2D eigenvalue weighted by molar-refractivity contribution is 6.08. The van der Waals surface area contributed by atoms with Crippen LogP contribution < -0.4 is 5.32 Å². The Morgan fingerprint density at radius 1 is 1.11 bits per heavy atom. The minimum atomic E-state index is -0.0943. The molecule has 1 aromatic heterocycles. The van der Waals surface area contributed by atoms with Crippen molar-refractivity contribution in [3.8, 4) is 5.75 Å². The van der Waals surface area contributed by atoms with Gasteiger partial charge in [0.1, 0.15) is 5.75 Å². The standard InChI is InChI=1S/C14H12N2O2/c1-8(17)15-9-2-4-11-12-5-3-10(18)7-14(12)16-13(11)6-9/h2-7,16,18H,1H3,(H,15,17). The molecule has 0 aliphatic heterocycles. The summed E-state index contributed by atoms with van der Waals surface area (Å²) in [7, 11) is 0. The topological polar surface area (TPSA) is 65.1 Å². The van der Waals surface area contributed by atoms with E-state index in [1.807, 2.05) is 24.3 Å². The van der Waals surface area contributed by atoms with Crippen molar-refractivity contribution in [1.29, 1.82) is 0 Å². The summed E-state index contributed by atoms with van der Waals surface area (Å²) >= 11 is 0. The Morgan fingerprint density at radius 3 is 2.50 bits per heavy atom. The van der Waals surface area contributed by atoms with Gasteiger partial charge >= 0.3 is 0 Å². The molecule has 4 nitrogen and oxygen atoms in total. The van der Waals surface area contributed by atoms with Crippen LogP contribution in [0.2, 0.25) is 0 Å². The quantitative estimate of drug-likeness (QED) is 0.612. The number of carbonyl (C=O) groups is 1. The highest BCUT2D eigenvalue weighted by Gasteiger charge is 2.06. The monoisotopic (exact) mass is 240 g/mol. The molecule has 0 fully saturated rings. The second-order valence-electron chi connectivity index (χ2n) is 4.30. The van der Waals surface area contributed by atoms with Gasteiger partial charge in [-0.25, -0.2) is 0 Å². The summed E-state index contributed by atoms with van der Waals surface area (Å²) in [6, 6.07) is 10.9. The molecule has 0 spiro atoms. The summed E-state index contributed by atoms with van der Waals surface area (Å²) in [6.07, 6.45) is 0. The molecule has 1 heterocycles. The van der Waals surface area contributed by atoms with Crippen LogP contribution in [0.25, 0.3) is 21.8 Å². The van der Waals surface area contributed by atoms with Crippen molar-refractivity contribution >= 4 is 33.4 Å². The second kappa shape index (κ2) is 3.77. The fourth-order valence-electron chi connectivity index (χ4n) is 2.18. The lowest BCUT2D eigenvalue weighted by Gasteiger charge is -2.01. The van der Waals surface area contributed by atoms with E-state index < -0.39 is 0 Å². The molecule has 18 heavy (non-hydrogen) atoms. The summed E-state index contributed by atoms with van der Waals surface area (Å²) in [5.74, 6) is 0.138. The number of aromatic amines is 1. The summed E-state index contributed by atoms with van der Waals surface area (Å²) in [6.45, 7) is 1.48. The molecule has 3 rings (SSSR count). The number of H-pyrrole nitrogens is 1. The molecule has 4 heteroatoms. The SMILES string of the molecule is CC(=O)Nc1ccc2c(c1)[nH]c1cc(O)ccc12. The van der Waals surface area contributed by atoms with E-state index in [0.29, 0.717) is 0 Å². The van der Waals surface area contributed by atoms with Crippen LogP contribution in [0.3, 0.4) is 0 Å². The van der Waals surface area contributed by atoms with Gasteiger partial charge in [0.05, 0.1) is 5.52 Å². The van der Waals surface area contributed by atoms with E-state index in [1.54, 1.807) is 12.1 Å². The van der Waals surface area contributed by atoms with Gasteiger partial charge in [-0.3, -0.25) is 4.79 Å². The van der Waals surface area contributed by atoms with E-state index in [4.69, 9.17) is 0 Å². The van der Waals surface area contributed by atoms with Crippen molar-refractivity contribution in [2.75, 3.05) is 5.32 Å². The number of phenols is 1. The molecule has 0 aliphatic rings. The van der Waals surface area contributed by atoms with Crippen LogP contribution in [0, 0.1) is 0 Å². The molecule has 0 saturated carbocycles. The molecule has 3 N–H and O–H groups in total. The first kappa shape index (κ1) is 10.7. The van der Waals surface area contributed by atoms with Gasteiger partial charge in [-0.1, -0.05) is 6.07 Å². The number of aromatic nitrogens is 1. The minimum Gasteiger partial charge on any atom is -0.508 e. The van der Waals surface area contributed by atoms with E-state index >= 15 is 0 Å². The van der Waals surface area contributed by atoms with Gasteiger partial charge < -0.3 is 15.4 Å². The number of fused-ring (bicyclic) bond motifs is 3. The third kappa shape index (κ3) is 1.68. The van der Waals surface area contributed by atoms with E-state index in [9.17, 15) is 9.90 Å². The normalized spacial score (nSPS) is 10.9.